The molecule has 21 heavy (non-hydrogen) atoms. The molecule has 0 aliphatic carbocycles. The first-order valence-electron chi connectivity index (χ1n) is 8.31. The first kappa shape index (κ1) is 18.4. The highest BCUT2D eigenvalue weighted by atomic mass is 16.2. The fourth-order valence-corrected chi connectivity index (χ4v) is 2.88. The van der Waals surface area contributed by atoms with E-state index in [2.05, 4.69) is 42.8 Å². The van der Waals surface area contributed by atoms with Gasteiger partial charge >= 0.3 is 0 Å². The van der Waals surface area contributed by atoms with Crippen LogP contribution in [0, 0.1) is 0 Å². The normalized spacial score (nSPS) is 21.0. The summed E-state index contributed by atoms with van der Waals surface area (Å²) >= 11 is 0. The van der Waals surface area contributed by atoms with Crippen LogP contribution in [0.4, 0.5) is 0 Å². The lowest BCUT2D eigenvalue weighted by atomic mass is 10.0. The summed E-state index contributed by atoms with van der Waals surface area (Å²) in [4.78, 5) is 17.0. The molecule has 1 rings (SSSR count). The molecule has 0 saturated carbocycles. The zero-order valence-corrected chi connectivity index (χ0v) is 14.5. The molecule has 0 spiro atoms. The molecule has 0 aromatic rings. The molecule has 5 heteroatoms. The molecule has 1 fully saturated rings. The van der Waals surface area contributed by atoms with Gasteiger partial charge in [0.2, 0.25) is 5.91 Å². The Morgan fingerprint density at radius 1 is 1.24 bits per heavy atom. The van der Waals surface area contributed by atoms with Gasteiger partial charge in [-0.3, -0.25) is 14.6 Å². The number of piperazine rings is 1. The second kappa shape index (κ2) is 8.11. The lowest BCUT2D eigenvalue weighted by Crippen LogP contribution is -2.60. The van der Waals surface area contributed by atoms with Gasteiger partial charge in [-0.05, 0) is 34.1 Å². The van der Waals surface area contributed by atoms with Crippen molar-refractivity contribution in [3.63, 3.8) is 0 Å². The fraction of sp³-hybridized carbons (Fsp3) is 0.938. The summed E-state index contributed by atoms with van der Waals surface area (Å²) in [5, 5.41) is 3.12. The van der Waals surface area contributed by atoms with Gasteiger partial charge in [-0.15, -0.1) is 0 Å². The van der Waals surface area contributed by atoms with Crippen molar-refractivity contribution in [2.24, 2.45) is 5.73 Å². The van der Waals surface area contributed by atoms with E-state index in [1.165, 1.54) is 0 Å². The van der Waals surface area contributed by atoms with Gasteiger partial charge in [0.05, 0.1) is 6.04 Å². The second-order valence-corrected chi connectivity index (χ2v) is 6.91. The number of nitrogens with zero attached hydrogens (tertiary/aromatic N) is 2. The number of amides is 1. The zero-order chi connectivity index (χ0) is 16.0. The topological polar surface area (TPSA) is 61.6 Å². The molecule has 1 amide bonds. The van der Waals surface area contributed by atoms with Crippen molar-refractivity contribution in [2.45, 2.75) is 65.1 Å². The Balaban J connectivity index is 2.44. The Bertz CT molecular complexity index is 324. The summed E-state index contributed by atoms with van der Waals surface area (Å²) in [5.74, 6) is 0.155. The van der Waals surface area contributed by atoms with Gasteiger partial charge in [0, 0.05) is 44.3 Å². The average molecular weight is 298 g/mol. The van der Waals surface area contributed by atoms with Gasteiger partial charge in [-0.25, -0.2) is 0 Å². The van der Waals surface area contributed by atoms with Crippen LogP contribution in [0.1, 0.15) is 47.5 Å². The van der Waals surface area contributed by atoms with Crippen LogP contribution in [0.15, 0.2) is 0 Å². The van der Waals surface area contributed by atoms with Crippen molar-refractivity contribution < 1.29 is 4.79 Å². The largest absolute Gasteiger partial charge is 0.352 e. The molecule has 5 nitrogen and oxygen atoms in total. The van der Waals surface area contributed by atoms with Crippen LogP contribution in [-0.2, 0) is 4.79 Å². The number of carbonyl (C=O) groups excluding carboxylic acids is 1. The van der Waals surface area contributed by atoms with Crippen molar-refractivity contribution in [1.82, 2.24) is 15.1 Å². The first-order chi connectivity index (χ1) is 9.81. The van der Waals surface area contributed by atoms with E-state index in [9.17, 15) is 4.79 Å². The van der Waals surface area contributed by atoms with Crippen LogP contribution in [0.5, 0.6) is 0 Å². The molecule has 3 N–H and O–H groups in total. The summed E-state index contributed by atoms with van der Waals surface area (Å²) in [7, 11) is 0. The molecule has 0 aromatic heterocycles. The van der Waals surface area contributed by atoms with E-state index in [-0.39, 0.29) is 23.5 Å². The van der Waals surface area contributed by atoms with Crippen molar-refractivity contribution in [3.05, 3.63) is 0 Å². The predicted molar refractivity (Wildman–Crippen MR) is 88.3 cm³/mol. The SMILES string of the molecule is CCCC(C)NC(=O)C(C)N1CCN(C(C)(C)CN)CC1. The first-order valence-corrected chi connectivity index (χ1v) is 8.31. The van der Waals surface area contributed by atoms with Crippen molar-refractivity contribution in [3.8, 4) is 0 Å². The number of rotatable bonds is 7. The maximum Gasteiger partial charge on any atom is 0.237 e. The Hall–Kier alpha value is -0.650. The third-order valence-corrected chi connectivity index (χ3v) is 4.71. The smallest absolute Gasteiger partial charge is 0.237 e. The summed E-state index contributed by atoms with van der Waals surface area (Å²) in [5.41, 5.74) is 5.89. The highest BCUT2D eigenvalue weighted by molar-refractivity contribution is 5.81. The van der Waals surface area contributed by atoms with Gasteiger partial charge in [-0.2, -0.15) is 0 Å². The monoisotopic (exact) mass is 298 g/mol. The third kappa shape index (κ3) is 5.24. The molecule has 1 heterocycles. The minimum Gasteiger partial charge on any atom is -0.352 e. The van der Waals surface area contributed by atoms with Crippen LogP contribution in [0.2, 0.25) is 0 Å². The Morgan fingerprint density at radius 3 is 2.29 bits per heavy atom. The second-order valence-electron chi connectivity index (χ2n) is 6.91. The number of carbonyl (C=O) groups is 1. The molecule has 1 aliphatic rings. The number of hydrogen-bond acceptors (Lipinski definition) is 4. The van der Waals surface area contributed by atoms with Crippen molar-refractivity contribution in [2.75, 3.05) is 32.7 Å². The van der Waals surface area contributed by atoms with Gasteiger partial charge in [0.15, 0.2) is 0 Å². The maximum atomic E-state index is 12.3. The number of nitrogens with two attached hydrogens (primary N) is 1. The third-order valence-electron chi connectivity index (χ3n) is 4.71. The fourth-order valence-electron chi connectivity index (χ4n) is 2.88. The van der Waals surface area contributed by atoms with E-state index in [1.807, 2.05) is 6.92 Å². The predicted octanol–water partition coefficient (Wildman–Crippen LogP) is 1.03. The molecule has 0 aromatic carbocycles. The quantitative estimate of drug-likeness (QED) is 0.737. The Morgan fingerprint density at radius 2 is 1.81 bits per heavy atom. The maximum absolute atomic E-state index is 12.3. The highest BCUT2D eigenvalue weighted by Crippen LogP contribution is 2.16. The average Bonchev–Trinajstić information content (AvgIpc) is 2.46. The van der Waals surface area contributed by atoms with Crippen LogP contribution in [0.3, 0.4) is 0 Å². The molecule has 1 saturated heterocycles. The van der Waals surface area contributed by atoms with Gasteiger partial charge in [-0.1, -0.05) is 13.3 Å². The number of nitrogens with one attached hydrogen (secondary N) is 1. The summed E-state index contributed by atoms with van der Waals surface area (Å²) in [6.45, 7) is 15.1. The van der Waals surface area contributed by atoms with E-state index >= 15 is 0 Å². The molecule has 0 radical (unpaired) electrons. The van der Waals surface area contributed by atoms with E-state index < -0.39 is 0 Å². The van der Waals surface area contributed by atoms with Crippen LogP contribution >= 0.6 is 0 Å². The van der Waals surface area contributed by atoms with E-state index in [0.717, 1.165) is 39.0 Å². The standard InChI is InChI=1S/C16H34N4O/c1-6-7-13(2)18-15(21)14(3)19-8-10-20(11-9-19)16(4,5)12-17/h13-14H,6-12,17H2,1-5H3,(H,18,21). The molecular weight excluding hydrogens is 264 g/mol. The molecular formula is C16H34N4O. The Kier molecular flexibility index (Phi) is 7.10. The van der Waals surface area contributed by atoms with E-state index in [1.54, 1.807) is 0 Å². The molecule has 0 bridgehead atoms. The van der Waals surface area contributed by atoms with Crippen molar-refractivity contribution in [1.29, 1.82) is 0 Å². The Labute approximate surface area is 130 Å². The van der Waals surface area contributed by atoms with E-state index in [0.29, 0.717) is 6.54 Å². The summed E-state index contributed by atoms with van der Waals surface area (Å²) in [6.07, 6.45) is 2.14. The summed E-state index contributed by atoms with van der Waals surface area (Å²) in [6, 6.07) is 0.217. The van der Waals surface area contributed by atoms with Gasteiger partial charge in [0.25, 0.3) is 0 Å². The molecule has 1 aliphatic heterocycles. The lowest BCUT2D eigenvalue weighted by molar-refractivity contribution is -0.127. The van der Waals surface area contributed by atoms with Crippen molar-refractivity contribution >= 4 is 5.91 Å². The lowest BCUT2D eigenvalue weighted by Gasteiger charge is -2.44. The zero-order valence-electron chi connectivity index (χ0n) is 14.5. The summed E-state index contributed by atoms with van der Waals surface area (Å²) < 4.78 is 0. The molecule has 2 atom stereocenters. The van der Waals surface area contributed by atoms with Gasteiger partial charge in [0.1, 0.15) is 0 Å². The molecule has 124 valence electrons. The minimum atomic E-state index is -0.0487. The number of hydrogen-bond donors (Lipinski definition) is 2. The van der Waals surface area contributed by atoms with Gasteiger partial charge < -0.3 is 11.1 Å². The van der Waals surface area contributed by atoms with E-state index in [4.69, 9.17) is 5.73 Å². The molecule has 2 unspecified atom stereocenters. The highest BCUT2D eigenvalue weighted by Gasteiger charge is 2.31. The van der Waals surface area contributed by atoms with Crippen LogP contribution in [-0.4, -0.2) is 66.1 Å². The van der Waals surface area contributed by atoms with Crippen LogP contribution < -0.4 is 11.1 Å². The van der Waals surface area contributed by atoms with Crippen LogP contribution in [0.25, 0.3) is 0 Å². The minimum absolute atomic E-state index is 0.0487.